The average Bonchev–Trinajstić information content (AvgIpc) is 3.38. The molecule has 1 aromatic heterocycles. The first kappa shape index (κ1) is 23.8. The van der Waals surface area contributed by atoms with Crippen LogP contribution >= 0.6 is 0 Å². The maximum Gasteiger partial charge on any atom is 0.243 e. The number of benzene rings is 2. The van der Waals surface area contributed by atoms with Crippen molar-refractivity contribution < 1.29 is 22.7 Å². The number of imidazole rings is 1. The highest BCUT2D eigenvalue weighted by molar-refractivity contribution is 7.89. The van der Waals surface area contributed by atoms with Gasteiger partial charge < -0.3 is 19.4 Å². The lowest BCUT2D eigenvalue weighted by Crippen LogP contribution is -2.41. The van der Waals surface area contributed by atoms with Crippen LogP contribution in [0.2, 0.25) is 0 Å². The number of carbonyl (C=O) groups excluding carboxylic acids is 1. The van der Waals surface area contributed by atoms with Crippen LogP contribution in [0.5, 0.6) is 11.5 Å². The van der Waals surface area contributed by atoms with Crippen LogP contribution in [0.15, 0.2) is 72.1 Å². The Kier molecular flexibility index (Phi) is 7.49. The van der Waals surface area contributed by atoms with E-state index in [9.17, 15) is 13.2 Å². The van der Waals surface area contributed by atoms with Crippen molar-refractivity contribution in [3.05, 3.63) is 67.3 Å². The second-order valence-electron chi connectivity index (χ2n) is 8.02. The van der Waals surface area contributed by atoms with Crippen molar-refractivity contribution in [1.82, 2.24) is 13.9 Å². The molecule has 0 atom stereocenters. The second kappa shape index (κ2) is 10.7. The Morgan fingerprint density at radius 3 is 2.56 bits per heavy atom. The molecule has 1 fully saturated rings. The molecule has 1 aliphatic heterocycles. The molecule has 34 heavy (non-hydrogen) atoms. The monoisotopic (exact) mass is 484 g/mol. The van der Waals surface area contributed by atoms with Gasteiger partial charge in [-0.1, -0.05) is 6.07 Å². The molecule has 10 heteroatoms. The first-order chi connectivity index (χ1) is 16.5. The fraction of sp³-hybridized carbons (Fsp3) is 0.333. The molecule has 2 heterocycles. The predicted molar refractivity (Wildman–Crippen MR) is 127 cm³/mol. The summed E-state index contributed by atoms with van der Waals surface area (Å²) < 4.78 is 40.1. The topological polar surface area (TPSA) is 103 Å². The van der Waals surface area contributed by atoms with Gasteiger partial charge >= 0.3 is 0 Å². The summed E-state index contributed by atoms with van der Waals surface area (Å²) in [5.74, 6) is 0.894. The third-order valence-corrected chi connectivity index (χ3v) is 7.71. The van der Waals surface area contributed by atoms with Crippen LogP contribution < -0.4 is 14.8 Å². The maximum absolute atomic E-state index is 12.9. The Hall–Kier alpha value is -3.37. The van der Waals surface area contributed by atoms with Crippen LogP contribution in [0.4, 0.5) is 5.69 Å². The van der Waals surface area contributed by atoms with Crippen molar-refractivity contribution in [2.45, 2.75) is 24.3 Å². The highest BCUT2D eigenvalue weighted by atomic mass is 32.2. The van der Waals surface area contributed by atoms with Crippen LogP contribution in [0.1, 0.15) is 12.8 Å². The molecule has 180 valence electrons. The fourth-order valence-electron chi connectivity index (χ4n) is 3.85. The minimum absolute atomic E-state index is 0.114. The van der Waals surface area contributed by atoms with E-state index in [2.05, 4.69) is 10.3 Å². The van der Waals surface area contributed by atoms with E-state index in [0.717, 1.165) is 0 Å². The lowest BCUT2D eigenvalue weighted by molar-refractivity contribution is -0.120. The van der Waals surface area contributed by atoms with Crippen molar-refractivity contribution >= 4 is 21.6 Å². The molecule has 9 nitrogen and oxygen atoms in total. The Balaban J connectivity index is 1.28. The highest BCUT2D eigenvalue weighted by Gasteiger charge is 2.32. The highest BCUT2D eigenvalue weighted by Crippen LogP contribution is 2.26. The summed E-state index contributed by atoms with van der Waals surface area (Å²) in [6, 6.07) is 13.6. The Bertz CT molecular complexity index is 1190. The maximum atomic E-state index is 12.9. The summed E-state index contributed by atoms with van der Waals surface area (Å²) >= 11 is 0. The Morgan fingerprint density at radius 1 is 1.12 bits per heavy atom. The van der Waals surface area contributed by atoms with E-state index in [4.69, 9.17) is 9.47 Å². The third kappa shape index (κ3) is 5.75. The molecule has 0 saturated carbocycles. The summed E-state index contributed by atoms with van der Waals surface area (Å²) in [5.41, 5.74) is 0.651. The van der Waals surface area contributed by atoms with Gasteiger partial charge in [-0.05, 0) is 49.2 Å². The number of rotatable bonds is 9. The molecule has 1 saturated heterocycles. The normalized spacial score (nSPS) is 15.1. The van der Waals surface area contributed by atoms with Gasteiger partial charge in [0.05, 0.1) is 24.9 Å². The van der Waals surface area contributed by atoms with Crippen LogP contribution in [0.3, 0.4) is 0 Å². The Morgan fingerprint density at radius 2 is 1.88 bits per heavy atom. The first-order valence-corrected chi connectivity index (χ1v) is 12.5. The van der Waals surface area contributed by atoms with E-state index < -0.39 is 10.0 Å². The van der Waals surface area contributed by atoms with Gasteiger partial charge in [-0.15, -0.1) is 0 Å². The van der Waals surface area contributed by atoms with Gasteiger partial charge in [0.1, 0.15) is 18.1 Å². The van der Waals surface area contributed by atoms with Gasteiger partial charge in [-0.3, -0.25) is 4.79 Å². The number of anilines is 1. The van der Waals surface area contributed by atoms with Crippen LogP contribution in [-0.2, 0) is 21.4 Å². The molecule has 0 radical (unpaired) electrons. The number of carbonyl (C=O) groups is 1. The predicted octanol–water partition coefficient (Wildman–Crippen LogP) is 3.01. The molecule has 0 unspecified atom stereocenters. The molecule has 1 aliphatic rings. The molecule has 1 amide bonds. The number of methoxy groups -OCH3 is 1. The lowest BCUT2D eigenvalue weighted by atomic mass is 9.97. The summed E-state index contributed by atoms with van der Waals surface area (Å²) in [4.78, 5) is 17.0. The molecule has 3 aromatic rings. The van der Waals surface area contributed by atoms with Gasteiger partial charge in [0.25, 0.3) is 0 Å². The minimum atomic E-state index is -3.60. The van der Waals surface area contributed by atoms with E-state index >= 15 is 0 Å². The SMILES string of the molecule is COc1ccc(S(=O)(=O)N2CCC(C(=O)Nc3cccc(OCCn4ccnc4)c3)CC2)cc1. The number of hydrogen-bond donors (Lipinski definition) is 1. The third-order valence-electron chi connectivity index (χ3n) is 5.80. The number of nitrogens with zero attached hydrogens (tertiary/aromatic N) is 3. The number of ether oxygens (including phenoxy) is 2. The summed E-state index contributed by atoms with van der Waals surface area (Å²) in [5, 5.41) is 2.94. The molecular weight excluding hydrogens is 456 g/mol. The largest absolute Gasteiger partial charge is 0.497 e. The molecule has 4 rings (SSSR count). The summed E-state index contributed by atoms with van der Waals surface area (Å²) in [6.45, 7) is 1.75. The lowest BCUT2D eigenvalue weighted by Gasteiger charge is -2.30. The van der Waals surface area contributed by atoms with Crippen LogP contribution in [0, 0.1) is 5.92 Å². The second-order valence-corrected chi connectivity index (χ2v) is 9.96. The Labute approximate surface area is 199 Å². The van der Waals surface area contributed by atoms with E-state index in [-0.39, 0.29) is 16.7 Å². The zero-order valence-electron chi connectivity index (χ0n) is 19.0. The molecule has 1 N–H and O–H groups in total. The first-order valence-electron chi connectivity index (χ1n) is 11.1. The van der Waals surface area contributed by atoms with Gasteiger partial charge in [-0.25, -0.2) is 13.4 Å². The zero-order chi connectivity index (χ0) is 24.0. The van der Waals surface area contributed by atoms with Crippen molar-refractivity contribution in [3.63, 3.8) is 0 Å². The average molecular weight is 485 g/mol. The van der Waals surface area contributed by atoms with Crippen molar-refractivity contribution in [3.8, 4) is 11.5 Å². The van der Waals surface area contributed by atoms with E-state index in [1.54, 1.807) is 30.7 Å². The molecule has 0 spiro atoms. The summed E-state index contributed by atoms with van der Waals surface area (Å²) in [7, 11) is -2.07. The fourth-order valence-corrected chi connectivity index (χ4v) is 5.32. The number of sulfonamides is 1. The van der Waals surface area contributed by atoms with Crippen molar-refractivity contribution in [2.75, 3.05) is 32.1 Å². The van der Waals surface area contributed by atoms with Crippen molar-refractivity contribution in [2.24, 2.45) is 5.92 Å². The van der Waals surface area contributed by atoms with Gasteiger partial charge in [-0.2, -0.15) is 4.31 Å². The molecule has 2 aromatic carbocycles. The number of hydrogen-bond acceptors (Lipinski definition) is 6. The molecule has 0 aliphatic carbocycles. The van der Waals surface area contributed by atoms with E-state index in [1.165, 1.54) is 23.5 Å². The zero-order valence-corrected chi connectivity index (χ0v) is 19.8. The van der Waals surface area contributed by atoms with Gasteiger partial charge in [0, 0.05) is 43.2 Å². The minimum Gasteiger partial charge on any atom is -0.497 e. The van der Waals surface area contributed by atoms with E-state index in [0.29, 0.717) is 56.3 Å². The van der Waals surface area contributed by atoms with Crippen LogP contribution in [-0.4, -0.2) is 55.0 Å². The van der Waals surface area contributed by atoms with E-state index in [1.807, 2.05) is 29.0 Å². The number of amides is 1. The number of piperidine rings is 1. The number of aromatic nitrogens is 2. The summed E-state index contributed by atoms with van der Waals surface area (Å²) in [6.07, 6.45) is 6.24. The molecule has 0 bridgehead atoms. The van der Waals surface area contributed by atoms with Crippen LogP contribution in [0.25, 0.3) is 0 Å². The molecular formula is C24H28N4O5S. The smallest absolute Gasteiger partial charge is 0.243 e. The van der Waals surface area contributed by atoms with Gasteiger partial charge in [0.15, 0.2) is 0 Å². The van der Waals surface area contributed by atoms with Gasteiger partial charge in [0.2, 0.25) is 15.9 Å². The number of nitrogens with one attached hydrogen (secondary N) is 1. The standard InChI is InChI=1S/C24H28N4O5S/c1-32-21-5-7-23(8-6-21)34(30,31)28-12-9-19(10-13-28)24(29)26-20-3-2-4-22(17-20)33-16-15-27-14-11-25-18-27/h2-8,11,14,17-19H,9-10,12-13,15-16H2,1H3,(H,26,29). The van der Waals surface area contributed by atoms with Crippen molar-refractivity contribution in [1.29, 1.82) is 0 Å². The quantitative estimate of drug-likeness (QED) is 0.501.